The Morgan fingerprint density at radius 2 is 1.86 bits per heavy atom. The minimum atomic E-state index is -0.0358. The second-order valence-electron chi connectivity index (χ2n) is 5.49. The molecule has 0 unspecified atom stereocenters. The summed E-state index contributed by atoms with van der Waals surface area (Å²) in [5.41, 5.74) is 0.673. The van der Waals surface area contributed by atoms with Gasteiger partial charge in [-0.05, 0) is 44.8 Å². The smallest absolute Gasteiger partial charge is 0.251 e. The monoisotopic (exact) mass is 292 g/mol. The molecule has 0 atom stereocenters. The van der Waals surface area contributed by atoms with Gasteiger partial charge in [-0.2, -0.15) is 0 Å². The van der Waals surface area contributed by atoms with Crippen LogP contribution in [0, 0.1) is 0 Å². The standard InChI is InChI=1S/C17H28N2O2/c1-4-5-6-7-14-21-16-10-8-15(9-11-16)17(20)18-12-13-19(2)3/h8-11H,4-7,12-14H2,1-3H3,(H,18,20). The van der Waals surface area contributed by atoms with E-state index < -0.39 is 0 Å². The Morgan fingerprint density at radius 3 is 2.48 bits per heavy atom. The fourth-order valence-corrected chi connectivity index (χ4v) is 1.92. The highest BCUT2D eigenvalue weighted by Gasteiger charge is 2.05. The summed E-state index contributed by atoms with van der Waals surface area (Å²) in [5, 5.41) is 2.89. The number of hydrogen-bond acceptors (Lipinski definition) is 3. The number of rotatable bonds is 10. The van der Waals surface area contributed by atoms with E-state index in [0.717, 1.165) is 25.3 Å². The van der Waals surface area contributed by atoms with Gasteiger partial charge >= 0.3 is 0 Å². The maximum Gasteiger partial charge on any atom is 0.251 e. The summed E-state index contributed by atoms with van der Waals surface area (Å²) >= 11 is 0. The first-order valence-electron chi connectivity index (χ1n) is 7.79. The van der Waals surface area contributed by atoms with Crippen molar-refractivity contribution in [3.8, 4) is 5.75 Å². The van der Waals surface area contributed by atoms with Crippen molar-refractivity contribution >= 4 is 5.91 Å². The molecule has 1 aromatic carbocycles. The van der Waals surface area contributed by atoms with Crippen molar-refractivity contribution in [1.82, 2.24) is 10.2 Å². The number of amides is 1. The summed E-state index contributed by atoms with van der Waals surface area (Å²) in [4.78, 5) is 13.9. The Balaban J connectivity index is 2.30. The van der Waals surface area contributed by atoms with Crippen LogP contribution in [0.5, 0.6) is 5.75 Å². The largest absolute Gasteiger partial charge is 0.494 e. The molecule has 0 aliphatic rings. The van der Waals surface area contributed by atoms with Gasteiger partial charge in [-0.1, -0.05) is 26.2 Å². The maximum atomic E-state index is 11.9. The van der Waals surface area contributed by atoms with Gasteiger partial charge in [0.25, 0.3) is 5.91 Å². The average Bonchev–Trinajstić information content (AvgIpc) is 2.47. The Labute approximate surface area is 128 Å². The number of unbranched alkanes of at least 4 members (excludes halogenated alkanes) is 3. The van der Waals surface area contributed by atoms with Crippen molar-refractivity contribution in [2.45, 2.75) is 32.6 Å². The molecule has 4 nitrogen and oxygen atoms in total. The molecule has 0 saturated carbocycles. The Kier molecular flexibility index (Phi) is 8.51. The molecule has 1 N–H and O–H groups in total. The quantitative estimate of drug-likeness (QED) is 0.674. The molecule has 4 heteroatoms. The van der Waals surface area contributed by atoms with Crippen LogP contribution in [0.2, 0.25) is 0 Å². The van der Waals surface area contributed by atoms with Crippen molar-refractivity contribution in [1.29, 1.82) is 0 Å². The van der Waals surface area contributed by atoms with Gasteiger partial charge in [0.15, 0.2) is 0 Å². The van der Waals surface area contributed by atoms with E-state index >= 15 is 0 Å². The molecule has 118 valence electrons. The fourth-order valence-electron chi connectivity index (χ4n) is 1.92. The number of carbonyl (C=O) groups is 1. The lowest BCUT2D eigenvalue weighted by molar-refractivity contribution is 0.0951. The molecular formula is C17H28N2O2. The third-order valence-electron chi connectivity index (χ3n) is 3.23. The van der Waals surface area contributed by atoms with E-state index in [1.807, 2.05) is 43.3 Å². The van der Waals surface area contributed by atoms with E-state index in [9.17, 15) is 4.79 Å². The van der Waals surface area contributed by atoms with Crippen LogP contribution < -0.4 is 10.1 Å². The van der Waals surface area contributed by atoms with Crippen LogP contribution in [-0.2, 0) is 0 Å². The summed E-state index contributed by atoms with van der Waals surface area (Å²) in [6.45, 7) is 4.43. The summed E-state index contributed by atoms with van der Waals surface area (Å²) < 4.78 is 5.66. The average molecular weight is 292 g/mol. The number of ether oxygens (including phenoxy) is 1. The third-order valence-corrected chi connectivity index (χ3v) is 3.23. The fraction of sp³-hybridized carbons (Fsp3) is 0.588. The summed E-state index contributed by atoms with van der Waals surface area (Å²) in [5.74, 6) is 0.794. The molecule has 0 spiro atoms. The molecule has 0 aromatic heterocycles. The van der Waals surface area contributed by atoms with E-state index in [-0.39, 0.29) is 5.91 Å². The highest BCUT2D eigenvalue weighted by Crippen LogP contribution is 2.13. The zero-order valence-corrected chi connectivity index (χ0v) is 13.5. The number of nitrogens with zero attached hydrogens (tertiary/aromatic N) is 1. The molecule has 0 aliphatic heterocycles. The van der Waals surface area contributed by atoms with Crippen molar-refractivity contribution in [2.75, 3.05) is 33.8 Å². The zero-order valence-electron chi connectivity index (χ0n) is 13.5. The first kappa shape index (κ1) is 17.5. The molecule has 1 rings (SSSR count). The maximum absolute atomic E-state index is 11.9. The van der Waals surface area contributed by atoms with Crippen molar-refractivity contribution in [3.63, 3.8) is 0 Å². The minimum Gasteiger partial charge on any atom is -0.494 e. The highest BCUT2D eigenvalue weighted by atomic mass is 16.5. The van der Waals surface area contributed by atoms with Gasteiger partial charge in [0.05, 0.1) is 6.61 Å². The highest BCUT2D eigenvalue weighted by molar-refractivity contribution is 5.94. The van der Waals surface area contributed by atoms with Crippen LogP contribution in [0.4, 0.5) is 0 Å². The number of benzene rings is 1. The zero-order chi connectivity index (χ0) is 15.5. The predicted molar refractivity (Wildman–Crippen MR) is 87.0 cm³/mol. The van der Waals surface area contributed by atoms with Gasteiger partial charge < -0.3 is 15.0 Å². The molecular weight excluding hydrogens is 264 g/mol. The molecule has 0 radical (unpaired) electrons. The first-order chi connectivity index (χ1) is 10.1. The second kappa shape index (κ2) is 10.2. The lowest BCUT2D eigenvalue weighted by atomic mass is 10.2. The number of likely N-dealkylation sites (N-methyl/N-ethyl adjacent to an activating group) is 1. The van der Waals surface area contributed by atoms with E-state index in [4.69, 9.17) is 4.74 Å². The van der Waals surface area contributed by atoms with Crippen LogP contribution in [0.15, 0.2) is 24.3 Å². The van der Waals surface area contributed by atoms with E-state index in [1.165, 1.54) is 19.3 Å². The first-order valence-corrected chi connectivity index (χ1v) is 7.79. The van der Waals surface area contributed by atoms with Gasteiger partial charge in [-0.25, -0.2) is 0 Å². The lowest BCUT2D eigenvalue weighted by Crippen LogP contribution is -2.31. The Morgan fingerprint density at radius 1 is 1.14 bits per heavy atom. The van der Waals surface area contributed by atoms with Crippen LogP contribution in [-0.4, -0.2) is 44.6 Å². The number of nitrogens with one attached hydrogen (secondary N) is 1. The van der Waals surface area contributed by atoms with E-state index in [0.29, 0.717) is 12.1 Å². The van der Waals surface area contributed by atoms with Gasteiger partial charge in [-0.15, -0.1) is 0 Å². The van der Waals surface area contributed by atoms with E-state index in [1.54, 1.807) is 0 Å². The molecule has 21 heavy (non-hydrogen) atoms. The van der Waals surface area contributed by atoms with Crippen molar-refractivity contribution in [3.05, 3.63) is 29.8 Å². The number of hydrogen-bond donors (Lipinski definition) is 1. The molecule has 0 aliphatic carbocycles. The molecule has 1 amide bonds. The lowest BCUT2D eigenvalue weighted by Gasteiger charge is -2.11. The normalized spacial score (nSPS) is 10.7. The van der Waals surface area contributed by atoms with Crippen molar-refractivity contribution < 1.29 is 9.53 Å². The van der Waals surface area contributed by atoms with Gasteiger partial charge in [0.2, 0.25) is 0 Å². The molecule has 1 aromatic rings. The van der Waals surface area contributed by atoms with Gasteiger partial charge in [0.1, 0.15) is 5.75 Å². The van der Waals surface area contributed by atoms with Crippen LogP contribution in [0.3, 0.4) is 0 Å². The third kappa shape index (κ3) is 7.71. The van der Waals surface area contributed by atoms with Crippen molar-refractivity contribution in [2.24, 2.45) is 0 Å². The van der Waals surface area contributed by atoms with Gasteiger partial charge in [-0.3, -0.25) is 4.79 Å². The topological polar surface area (TPSA) is 41.6 Å². The molecule has 0 heterocycles. The molecule has 0 saturated heterocycles. The van der Waals surface area contributed by atoms with Gasteiger partial charge in [0, 0.05) is 18.7 Å². The summed E-state index contributed by atoms with van der Waals surface area (Å²) in [7, 11) is 3.97. The van der Waals surface area contributed by atoms with E-state index in [2.05, 4.69) is 12.2 Å². The Bertz CT molecular complexity index is 402. The SMILES string of the molecule is CCCCCCOc1ccc(C(=O)NCCN(C)C)cc1. The second-order valence-corrected chi connectivity index (χ2v) is 5.49. The van der Waals surface area contributed by atoms with Crippen LogP contribution in [0.25, 0.3) is 0 Å². The Hall–Kier alpha value is -1.55. The molecule has 0 bridgehead atoms. The minimum absolute atomic E-state index is 0.0358. The number of carbonyl (C=O) groups excluding carboxylic acids is 1. The van der Waals surface area contributed by atoms with Crippen LogP contribution in [0.1, 0.15) is 43.0 Å². The summed E-state index contributed by atoms with van der Waals surface area (Å²) in [6.07, 6.45) is 4.79. The van der Waals surface area contributed by atoms with Crippen LogP contribution >= 0.6 is 0 Å². The molecule has 0 fully saturated rings. The summed E-state index contributed by atoms with van der Waals surface area (Å²) in [6, 6.07) is 7.35. The predicted octanol–water partition coefficient (Wildman–Crippen LogP) is 2.94.